The molecular weight excluding hydrogens is 442 g/mol. The van der Waals surface area contributed by atoms with Gasteiger partial charge in [0.2, 0.25) is 0 Å². The zero-order chi connectivity index (χ0) is 22.7. The first-order valence-corrected chi connectivity index (χ1v) is 12.4. The van der Waals surface area contributed by atoms with E-state index in [9.17, 15) is 0 Å². The second kappa shape index (κ2) is 9.86. The predicted octanol–water partition coefficient (Wildman–Crippen LogP) is 6.56. The number of benzene rings is 2. The SMILES string of the molecule is COc1ccc(-n2c(SC[C@@H]3CCCCO3)nnc2-c2ccc(C(C)(C)C)cc2)cc1Cl. The Morgan fingerprint density at radius 2 is 1.91 bits per heavy atom. The third-order valence-electron chi connectivity index (χ3n) is 5.71. The van der Waals surface area contributed by atoms with Crippen molar-refractivity contribution in [3.05, 3.63) is 53.1 Å². The van der Waals surface area contributed by atoms with Crippen molar-refractivity contribution < 1.29 is 9.47 Å². The molecule has 1 aliphatic rings. The monoisotopic (exact) mass is 471 g/mol. The van der Waals surface area contributed by atoms with E-state index in [2.05, 4.69) is 59.8 Å². The van der Waals surface area contributed by atoms with Gasteiger partial charge in [0.05, 0.1) is 23.9 Å². The number of hydrogen-bond acceptors (Lipinski definition) is 5. The molecule has 5 nitrogen and oxygen atoms in total. The Labute approximate surface area is 199 Å². The van der Waals surface area contributed by atoms with Crippen LogP contribution in [0.25, 0.3) is 17.1 Å². The van der Waals surface area contributed by atoms with E-state index in [1.54, 1.807) is 18.9 Å². The number of aromatic nitrogens is 3. The molecule has 0 radical (unpaired) electrons. The highest BCUT2D eigenvalue weighted by Gasteiger charge is 2.21. The lowest BCUT2D eigenvalue weighted by Crippen LogP contribution is -2.21. The maximum Gasteiger partial charge on any atom is 0.196 e. The number of hydrogen-bond donors (Lipinski definition) is 0. The fourth-order valence-electron chi connectivity index (χ4n) is 3.80. The maximum atomic E-state index is 6.46. The molecule has 2 aromatic carbocycles. The second-order valence-electron chi connectivity index (χ2n) is 9.09. The molecule has 1 aliphatic heterocycles. The van der Waals surface area contributed by atoms with Gasteiger partial charge in [0.25, 0.3) is 0 Å². The summed E-state index contributed by atoms with van der Waals surface area (Å²) in [7, 11) is 1.62. The molecule has 1 fully saturated rings. The van der Waals surface area contributed by atoms with Crippen LogP contribution in [0, 0.1) is 0 Å². The van der Waals surface area contributed by atoms with E-state index in [1.807, 2.05) is 18.2 Å². The van der Waals surface area contributed by atoms with Gasteiger partial charge in [-0.25, -0.2) is 0 Å². The predicted molar refractivity (Wildman–Crippen MR) is 131 cm³/mol. The van der Waals surface area contributed by atoms with Crippen molar-refractivity contribution in [2.75, 3.05) is 19.5 Å². The van der Waals surface area contributed by atoms with Crippen LogP contribution in [0.3, 0.4) is 0 Å². The number of nitrogens with zero attached hydrogens (tertiary/aromatic N) is 3. The highest BCUT2D eigenvalue weighted by molar-refractivity contribution is 7.99. The van der Waals surface area contributed by atoms with Crippen LogP contribution in [0.15, 0.2) is 47.6 Å². The van der Waals surface area contributed by atoms with Gasteiger partial charge in [-0.2, -0.15) is 0 Å². The summed E-state index contributed by atoms with van der Waals surface area (Å²) in [5.41, 5.74) is 3.29. The highest BCUT2D eigenvalue weighted by Crippen LogP contribution is 2.34. The molecule has 4 rings (SSSR count). The summed E-state index contributed by atoms with van der Waals surface area (Å²) in [4.78, 5) is 0. The van der Waals surface area contributed by atoms with Crippen LogP contribution in [0.4, 0.5) is 0 Å². The molecule has 0 bridgehead atoms. The fourth-order valence-corrected chi connectivity index (χ4v) is 5.07. The third kappa shape index (κ3) is 5.13. The Morgan fingerprint density at radius 3 is 2.53 bits per heavy atom. The van der Waals surface area contributed by atoms with E-state index in [1.165, 1.54) is 12.0 Å². The highest BCUT2D eigenvalue weighted by atomic mass is 35.5. The summed E-state index contributed by atoms with van der Waals surface area (Å²) in [5, 5.41) is 10.5. The molecule has 0 N–H and O–H groups in total. The molecule has 0 saturated carbocycles. The molecule has 0 unspecified atom stereocenters. The number of methoxy groups -OCH3 is 1. The van der Waals surface area contributed by atoms with E-state index in [4.69, 9.17) is 21.1 Å². The van der Waals surface area contributed by atoms with Gasteiger partial charge in [-0.15, -0.1) is 10.2 Å². The summed E-state index contributed by atoms with van der Waals surface area (Å²) in [6.07, 6.45) is 3.72. The van der Waals surface area contributed by atoms with Gasteiger partial charge in [-0.3, -0.25) is 4.57 Å². The Hall–Kier alpha value is -2.02. The van der Waals surface area contributed by atoms with E-state index >= 15 is 0 Å². The molecule has 32 heavy (non-hydrogen) atoms. The van der Waals surface area contributed by atoms with Crippen molar-refractivity contribution >= 4 is 23.4 Å². The van der Waals surface area contributed by atoms with Crippen molar-refractivity contribution in [1.82, 2.24) is 14.8 Å². The third-order valence-corrected chi connectivity index (χ3v) is 7.06. The van der Waals surface area contributed by atoms with Gasteiger partial charge in [0.1, 0.15) is 5.75 Å². The first-order valence-electron chi connectivity index (χ1n) is 11.0. The molecule has 0 aliphatic carbocycles. The first-order chi connectivity index (χ1) is 15.4. The lowest BCUT2D eigenvalue weighted by Gasteiger charge is -2.22. The van der Waals surface area contributed by atoms with Crippen LogP contribution in [-0.4, -0.2) is 40.3 Å². The van der Waals surface area contributed by atoms with Crippen molar-refractivity contribution in [2.45, 2.75) is 56.7 Å². The summed E-state index contributed by atoms with van der Waals surface area (Å²) in [5.74, 6) is 2.29. The standard InChI is InChI=1S/C25H30ClN3O2S/c1-25(2,3)18-10-8-17(9-11-18)23-27-28-24(32-16-20-7-5-6-14-31-20)29(23)19-12-13-22(30-4)21(26)15-19/h8-13,15,20H,5-7,14,16H2,1-4H3/t20-/m0/s1. The van der Waals surface area contributed by atoms with Crippen molar-refractivity contribution in [1.29, 1.82) is 0 Å². The van der Waals surface area contributed by atoms with Crippen LogP contribution in [-0.2, 0) is 10.2 Å². The zero-order valence-electron chi connectivity index (χ0n) is 19.1. The lowest BCUT2D eigenvalue weighted by molar-refractivity contribution is 0.0315. The van der Waals surface area contributed by atoms with Gasteiger partial charge < -0.3 is 9.47 Å². The topological polar surface area (TPSA) is 49.2 Å². The van der Waals surface area contributed by atoms with Gasteiger partial charge >= 0.3 is 0 Å². The van der Waals surface area contributed by atoms with Gasteiger partial charge in [-0.1, -0.05) is 68.4 Å². The van der Waals surface area contributed by atoms with Crippen LogP contribution in [0.5, 0.6) is 5.75 Å². The largest absolute Gasteiger partial charge is 0.495 e. The van der Waals surface area contributed by atoms with Crippen LogP contribution < -0.4 is 4.74 Å². The molecule has 1 aromatic heterocycles. The minimum absolute atomic E-state index is 0.0940. The van der Waals surface area contributed by atoms with E-state index in [0.29, 0.717) is 10.8 Å². The quantitative estimate of drug-likeness (QED) is 0.381. The smallest absolute Gasteiger partial charge is 0.196 e. The minimum Gasteiger partial charge on any atom is -0.495 e. The van der Waals surface area contributed by atoms with E-state index < -0.39 is 0 Å². The van der Waals surface area contributed by atoms with Gasteiger partial charge in [0.15, 0.2) is 11.0 Å². The number of ether oxygens (including phenoxy) is 2. The fraction of sp³-hybridized carbons (Fsp3) is 0.440. The molecule has 3 aromatic rings. The van der Waals surface area contributed by atoms with Crippen molar-refractivity contribution in [3.63, 3.8) is 0 Å². The molecule has 1 saturated heterocycles. The molecular formula is C25H30ClN3O2S. The summed E-state index contributed by atoms with van der Waals surface area (Å²) in [6.45, 7) is 7.49. The number of thioether (sulfide) groups is 1. The van der Waals surface area contributed by atoms with Crippen LogP contribution in [0.1, 0.15) is 45.6 Å². The lowest BCUT2D eigenvalue weighted by atomic mass is 9.87. The van der Waals surface area contributed by atoms with Crippen LogP contribution in [0.2, 0.25) is 5.02 Å². The van der Waals surface area contributed by atoms with Crippen molar-refractivity contribution in [2.24, 2.45) is 0 Å². The Bertz CT molecular complexity index is 1050. The summed E-state index contributed by atoms with van der Waals surface area (Å²) < 4.78 is 13.3. The summed E-state index contributed by atoms with van der Waals surface area (Å²) in [6, 6.07) is 14.3. The van der Waals surface area contributed by atoms with Gasteiger partial charge in [0, 0.05) is 17.9 Å². The molecule has 7 heteroatoms. The Balaban J connectivity index is 1.71. The van der Waals surface area contributed by atoms with E-state index in [0.717, 1.165) is 47.4 Å². The average molecular weight is 472 g/mol. The summed E-state index contributed by atoms with van der Waals surface area (Å²) >= 11 is 8.14. The normalized spacial score (nSPS) is 16.8. The number of halogens is 1. The Kier molecular flexibility index (Phi) is 7.13. The first kappa shape index (κ1) is 23.1. The maximum absolute atomic E-state index is 6.46. The zero-order valence-corrected chi connectivity index (χ0v) is 20.7. The molecule has 170 valence electrons. The van der Waals surface area contributed by atoms with Crippen LogP contribution >= 0.6 is 23.4 Å². The molecule has 0 amide bonds. The van der Waals surface area contributed by atoms with Crippen molar-refractivity contribution in [3.8, 4) is 22.8 Å². The Morgan fingerprint density at radius 1 is 1.12 bits per heavy atom. The number of rotatable bonds is 6. The average Bonchev–Trinajstić information content (AvgIpc) is 3.22. The molecule has 2 heterocycles. The molecule has 0 spiro atoms. The second-order valence-corrected chi connectivity index (χ2v) is 10.5. The van der Waals surface area contributed by atoms with E-state index in [-0.39, 0.29) is 11.5 Å². The minimum atomic E-state index is 0.0940. The molecule has 1 atom stereocenters. The van der Waals surface area contributed by atoms with Gasteiger partial charge in [-0.05, 0) is 48.4 Å².